The number of hydrogen-bond donors (Lipinski definition) is 0. The summed E-state index contributed by atoms with van der Waals surface area (Å²) in [6.07, 6.45) is 7.99. The van der Waals surface area contributed by atoms with Gasteiger partial charge < -0.3 is 4.43 Å². The van der Waals surface area contributed by atoms with Crippen LogP contribution in [0.5, 0.6) is 0 Å². The molecule has 0 fully saturated rings. The largest absolute Gasteiger partial charge is 0.420 e. The zero-order valence-electron chi connectivity index (χ0n) is 13.8. The van der Waals surface area contributed by atoms with Crippen molar-refractivity contribution in [1.29, 1.82) is 0 Å². The first-order valence-electron chi connectivity index (χ1n) is 8.19. The Morgan fingerprint density at radius 1 is 1.00 bits per heavy atom. The maximum Gasteiger partial charge on any atom is 0.186 e. The average molecular weight is 293 g/mol. The van der Waals surface area contributed by atoms with E-state index in [4.69, 9.17) is 4.43 Å². The number of benzene rings is 1. The van der Waals surface area contributed by atoms with Gasteiger partial charge in [0, 0.05) is 7.11 Å². The van der Waals surface area contributed by atoms with Gasteiger partial charge in [-0.2, -0.15) is 0 Å². The van der Waals surface area contributed by atoms with Crippen LogP contribution in [-0.2, 0) is 4.43 Å². The summed E-state index contributed by atoms with van der Waals surface area (Å²) < 4.78 is 5.66. The van der Waals surface area contributed by atoms with Gasteiger partial charge in [0.15, 0.2) is 8.32 Å². The van der Waals surface area contributed by atoms with Crippen LogP contribution < -0.4 is 0 Å². The maximum atomic E-state index is 5.66. The van der Waals surface area contributed by atoms with Crippen LogP contribution in [0.4, 0.5) is 0 Å². The van der Waals surface area contributed by atoms with Gasteiger partial charge >= 0.3 is 0 Å². The minimum absolute atomic E-state index is 0.740. The molecule has 1 atom stereocenters. The Balaban J connectivity index is 2.50. The van der Waals surface area contributed by atoms with Crippen molar-refractivity contribution in [2.45, 2.75) is 70.5 Å². The van der Waals surface area contributed by atoms with Crippen LogP contribution in [-0.4, -0.2) is 15.4 Å². The molecule has 0 radical (unpaired) electrons. The molecule has 114 valence electrons. The summed E-state index contributed by atoms with van der Waals surface area (Å²) in [5.74, 6) is 0.740. The first kappa shape index (κ1) is 17.4. The van der Waals surface area contributed by atoms with Crippen molar-refractivity contribution in [3.05, 3.63) is 35.9 Å². The van der Waals surface area contributed by atoms with Crippen LogP contribution in [0, 0.1) is 0 Å². The lowest BCUT2D eigenvalue weighted by molar-refractivity contribution is 0.399. The zero-order chi connectivity index (χ0) is 14.8. The first-order valence-corrected chi connectivity index (χ1v) is 11.3. The highest BCUT2D eigenvalue weighted by atomic mass is 28.4. The maximum absolute atomic E-state index is 5.66. The van der Waals surface area contributed by atoms with E-state index in [0.29, 0.717) is 0 Å². The second kappa shape index (κ2) is 9.35. The second-order valence-corrected chi connectivity index (χ2v) is 10.9. The van der Waals surface area contributed by atoms with E-state index in [1.165, 1.54) is 50.1 Å². The topological polar surface area (TPSA) is 9.23 Å². The second-order valence-electron chi connectivity index (χ2n) is 6.46. The van der Waals surface area contributed by atoms with Gasteiger partial charge in [0.1, 0.15) is 0 Å². The number of rotatable bonds is 10. The van der Waals surface area contributed by atoms with Crippen LogP contribution in [0.1, 0.15) is 56.9 Å². The Morgan fingerprint density at radius 2 is 1.65 bits per heavy atom. The summed E-state index contributed by atoms with van der Waals surface area (Å²) in [6.45, 7) is 6.92. The minimum Gasteiger partial charge on any atom is -0.420 e. The molecule has 1 unspecified atom stereocenters. The first-order chi connectivity index (χ1) is 9.59. The van der Waals surface area contributed by atoms with E-state index < -0.39 is 8.32 Å². The van der Waals surface area contributed by atoms with E-state index >= 15 is 0 Å². The van der Waals surface area contributed by atoms with Crippen molar-refractivity contribution in [2.24, 2.45) is 0 Å². The molecule has 20 heavy (non-hydrogen) atoms. The summed E-state index contributed by atoms with van der Waals surface area (Å²) in [7, 11) is 0.494. The third-order valence-electron chi connectivity index (χ3n) is 4.31. The fourth-order valence-electron chi connectivity index (χ4n) is 2.72. The van der Waals surface area contributed by atoms with Gasteiger partial charge in [0.25, 0.3) is 0 Å². The molecular formula is C18H32OSi. The molecule has 0 heterocycles. The van der Waals surface area contributed by atoms with Crippen molar-refractivity contribution < 1.29 is 4.43 Å². The zero-order valence-corrected chi connectivity index (χ0v) is 14.8. The summed E-state index contributed by atoms with van der Waals surface area (Å²) in [5.41, 5.74) is 1.53. The third-order valence-corrected chi connectivity index (χ3v) is 6.97. The van der Waals surface area contributed by atoms with Crippen LogP contribution >= 0.6 is 0 Å². The SMILES string of the molecule is CCCCCC(CCC[Si](C)(C)OC)c1ccccc1. The summed E-state index contributed by atoms with van der Waals surface area (Å²) in [6, 6.07) is 12.4. The molecule has 2 heteroatoms. The van der Waals surface area contributed by atoms with Crippen molar-refractivity contribution >= 4 is 8.32 Å². The van der Waals surface area contributed by atoms with Crippen LogP contribution in [0.2, 0.25) is 19.1 Å². The molecule has 0 bridgehead atoms. The van der Waals surface area contributed by atoms with Crippen LogP contribution in [0.25, 0.3) is 0 Å². The van der Waals surface area contributed by atoms with Crippen molar-refractivity contribution in [1.82, 2.24) is 0 Å². The van der Waals surface area contributed by atoms with E-state index in [2.05, 4.69) is 50.3 Å². The lowest BCUT2D eigenvalue weighted by atomic mass is 9.89. The highest BCUT2D eigenvalue weighted by molar-refractivity contribution is 6.71. The molecule has 0 spiro atoms. The van der Waals surface area contributed by atoms with Gasteiger partial charge in [-0.25, -0.2) is 0 Å². The smallest absolute Gasteiger partial charge is 0.186 e. The lowest BCUT2D eigenvalue weighted by Gasteiger charge is -2.22. The minimum atomic E-state index is -1.38. The number of hydrogen-bond acceptors (Lipinski definition) is 1. The predicted molar refractivity (Wildman–Crippen MR) is 91.9 cm³/mol. The Morgan fingerprint density at radius 3 is 2.25 bits per heavy atom. The van der Waals surface area contributed by atoms with E-state index in [0.717, 1.165) is 5.92 Å². The van der Waals surface area contributed by atoms with Crippen molar-refractivity contribution in [3.63, 3.8) is 0 Å². The van der Waals surface area contributed by atoms with Gasteiger partial charge in [-0.05, 0) is 43.5 Å². The molecule has 1 nitrogen and oxygen atoms in total. The van der Waals surface area contributed by atoms with Gasteiger partial charge in [-0.1, -0.05) is 62.9 Å². The van der Waals surface area contributed by atoms with E-state index in [1.54, 1.807) is 0 Å². The molecule has 0 N–H and O–H groups in total. The molecule has 0 amide bonds. The highest BCUT2D eigenvalue weighted by Gasteiger charge is 2.21. The van der Waals surface area contributed by atoms with E-state index in [-0.39, 0.29) is 0 Å². The molecule has 1 rings (SSSR count). The Bertz CT molecular complexity index is 348. The quantitative estimate of drug-likeness (QED) is 0.380. The Kier molecular flexibility index (Phi) is 8.16. The standard InChI is InChI=1S/C18H32OSi/c1-5-6-8-12-18(17-13-9-7-10-14-17)15-11-16-20(3,4)19-2/h7,9-10,13-14,18H,5-6,8,11-12,15-16H2,1-4H3. The normalized spacial score (nSPS) is 13.4. The summed E-state index contributed by atoms with van der Waals surface area (Å²) in [4.78, 5) is 0. The molecule has 0 aliphatic carbocycles. The molecule has 0 aliphatic rings. The Labute approximate surface area is 126 Å². The fourth-order valence-corrected chi connectivity index (χ4v) is 3.98. The monoisotopic (exact) mass is 292 g/mol. The number of unbranched alkanes of at least 4 members (excludes halogenated alkanes) is 2. The predicted octanol–water partition coefficient (Wildman–Crippen LogP) is 5.98. The summed E-state index contributed by atoms with van der Waals surface area (Å²) >= 11 is 0. The van der Waals surface area contributed by atoms with Crippen LogP contribution in [0.3, 0.4) is 0 Å². The van der Waals surface area contributed by atoms with Gasteiger partial charge in [0.2, 0.25) is 0 Å². The fraction of sp³-hybridized carbons (Fsp3) is 0.667. The van der Waals surface area contributed by atoms with Crippen LogP contribution in [0.15, 0.2) is 30.3 Å². The molecule has 0 aliphatic heterocycles. The lowest BCUT2D eigenvalue weighted by Crippen LogP contribution is -2.28. The van der Waals surface area contributed by atoms with Crippen molar-refractivity contribution in [3.8, 4) is 0 Å². The molecule has 0 saturated carbocycles. The summed E-state index contributed by atoms with van der Waals surface area (Å²) in [5, 5.41) is 0. The van der Waals surface area contributed by atoms with Gasteiger partial charge in [0.05, 0.1) is 0 Å². The highest BCUT2D eigenvalue weighted by Crippen LogP contribution is 2.29. The Hall–Kier alpha value is -0.603. The molecule has 0 saturated heterocycles. The molecule has 1 aromatic rings. The third kappa shape index (κ3) is 6.71. The molecule has 1 aromatic carbocycles. The van der Waals surface area contributed by atoms with Gasteiger partial charge in [-0.3, -0.25) is 0 Å². The molecule has 0 aromatic heterocycles. The van der Waals surface area contributed by atoms with Crippen molar-refractivity contribution in [2.75, 3.05) is 7.11 Å². The van der Waals surface area contributed by atoms with E-state index in [9.17, 15) is 0 Å². The van der Waals surface area contributed by atoms with E-state index in [1.807, 2.05) is 7.11 Å². The molecular weight excluding hydrogens is 260 g/mol. The van der Waals surface area contributed by atoms with Gasteiger partial charge in [-0.15, -0.1) is 0 Å². The average Bonchev–Trinajstić information content (AvgIpc) is 2.47.